The highest BCUT2D eigenvalue weighted by Crippen LogP contribution is 2.14. The van der Waals surface area contributed by atoms with Gasteiger partial charge in [-0.2, -0.15) is 0 Å². The fraction of sp³-hybridized carbons (Fsp3) is 0.333. The van der Waals surface area contributed by atoms with E-state index >= 15 is 0 Å². The average Bonchev–Trinajstić information content (AvgIpc) is 2.25. The summed E-state index contributed by atoms with van der Waals surface area (Å²) >= 11 is 0. The van der Waals surface area contributed by atoms with Crippen molar-refractivity contribution in [3.05, 3.63) is 36.1 Å². The molecular formula is C9H12N2O. The molecule has 0 saturated heterocycles. The predicted octanol–water partition coefficient (Wildman–Crippen LogP) is 0.791. The van der Waals surface area contributed by atoms with Crippen LogP contribution in [0.4, 0.5) is 0 Å². The first kappa shape index (κ1) is 7.28. The summed E-state index contributed by atoms with van der Waals surface area (Å²) in [7, 11) is 2.03. The first-order valence-corrected chi connectivity index (χ1v) is 4.03. The molecule has 0 amide bonds. The highest BCUT2D eigenvalue weighted by atomic mass is 16.5. The number of dihydropyridines is 1. The fourth-order valence-corrected chi connectivity index (χ4v) is 1.31. The molecular weight excluding hydrogens is 152 g/mol. The van der Waals surface area contributed by atoms with Crippen LogP contribution in [0.15, 0.2) is 36.1 Å². The van der Waals surface area contributed by atoms with E-state index < -0.39 is 0 Å². The Morgan fingerprint density at radius 3 is 3.42 bits per heavy atom. The number of rotatable bonds is 0. The molecule has 0 aromatic rings. The Labute approximate surface area is 72.0 Å². The molecule has 0 spiro atoms. The Balaban J connectivity index is 2.24. The summed E-state index contributed by atoms with van der Waals surface area (Å²) < 4.78 is 5.37. The van der Waals surface area contributed by atoms with Crippen LogP contribution in [0.1, 0.15) is 0 Å². The molecule has 0 saturated carbocycles. The first-order chi connectivity index (χ1) is 5.86. The van der Waals surface area contributed by atoms with Crippen molar-refractivity contribution >= 4 is 0 Å². The summed E-state index contributed by atoms with van der Waals surface area (Å²) in [5.41, 5.74) is 1.20. The molecule has 3 heteroatoms. The second kappa shape index (κ2) is 2.93. The van der Waals surface area contributed by atoms with Gasteiger partial charge in [0.1, 0.15) is 6.26 Å². The number of nitrogens with one attached hydrogen (secondary N) is 1. The molecule has 0 bridgehead atoms. The zero-order valence-electron chi connectivity index (χ0n) is 7.08. The molecule has 2 rings (SSSR count). The maximum atomic E-state index is 5.37. The van der Waals surface area contributed by atoms with E-state index in [0.717, 1.165) is 19.0 Å². The molecule has 12 heavy (non-hydrogen) atoms. The summed E-state index contributed by atoms with van der Waals surface area (Å²) in [4.78, 5) is 2.08. The van der Waals surface area contributed by atoms with Crippen molar-refractivity contribution in [1.82, 2.24) is 10.2 Å². The molecule has 0 fully saturated rings. The van der Waals surface area contributed by atoms with Crippen LogP contribution in [0.3, 0.4) is 0 Å². The third-order valence-corrected chi connectivity index (χ3v) is 1.91. The summed E-state index contributed by atoms with van der Waals surface area (Å²) in [6, 6.07) is 0. The minimum atomic E-state index is 0.858. The molecule has 0 aliphatic carbocycles. The van der Waals surface area contributed by atoms with E-state index in [9.17, 15) is 0 Å². The molecule has 0 atom stereocenters. The summed E-state index contributed by atoms with van der Waals surface area (Å²) in [6.07, 6.45) is 7.83. The Morgan fingerprint density at radius 2 is 2.50 bits per heavy atom. The second-order valence-corrected chi connectivity index (χ2v) is 2.96. The maximum Gasteiger partial charge on any atom is 0.197 e. The lowest BCUT2D eigenvalue weighted by Gasteiger charge is -2.16. The van der Waals surface area contributed by atoms with Crippen LogP contribution in [-0.4, -0.2) is 25.0 Å². The quantitative estimate of drug-likeness (QED) is 0.573. The van der Waals surface area contributed by atoms with Crippen molar-refractivity contribution in [3.8, 4) is 0 Å². The largest absolute Gasteiger partial charge is 0.447 e. The summed E-state index contributed by atoms with van der Waals surface area (Å²) in [6.45, 7) is 1.76. The van der Waals surface area contributed by atoms with Crippen molar-refractivity contribution < 1.29 is 4.74 Å². The van der Waals surface area contributed by atoms with Crippen LogP contribution in [0.2, 0.25) is 0 Å². The third-order valence-electron chi connectivity index (χ3n) is 1.91. The zero-order chi connectivity index (χ0) is 8.39. The number of likely N-dealkylation sites (N-methyl/N-ethyl adjacent to an activating group) is 1. The van der Waals surface area contributed by atoms with Crippen LogP contribution in [0, 0.1) is 0 Å². The SMILES string of the molecule is CN1C=COC2=C(C=CCN2)C1. The van der Waals surface area contributed by atoms with Crippen LogP contribution in [0.5, 0.6) is 0 Å². The van der Waals surface area contributed by atoms with Gasteiger partial charge in [-0.15, -0.1) is 0 Å². The molecule has 0 unspecified atom stereocenters. The number of hydrogen-bond donors (Lipinski definition) is 1. The Bertz CT molecular complexity index is 266. The van der Waals surface area contributed by atoms with Gasteiger partial charge in [0.25, 0.3) is 0 Å². The first-order valence-electron chi connectivity index (χ1n) is 4.03. The fourth-order valence-electron chi connectivity index (χ4n) is 1.31. The van der Waals surface area contributed by atoms with E-state index in [1.165, 1.54) is 5.57 Å². The highest BCUT2D eigenvalue weighted by Gasteiger charge is 2.11. The van der Waals surface area contributed by atoms with E-state index in [2.05, 4.69) is 22.4 Å². The van der Waals surface area contributed by atoms with E-state index in [0.29, 0.717) is 0 Å². The van der Waals surface area contributed by atoms with Gasteiger partial charge >= 0.3 is 0 Å². The molecule has 1 N–H and O–H groups in total. The summed E-state index contributed by atoms with van der Waals surface area (Å²) in [5.74, 6) is 0.887. The molecule has 2 heterocycles. The Morgan fingerprint density at radius 1 is 1.58 bits per heavy atom. The number of hydrogen-bond acceptors (Lipinski definition) is 3. The second-order valence-electron chi connectivity index (χ2n) is 2.96. The van der Waals surface area contributed by atoms with Gasteiger partial charge in [-0.05, 0) is 0 Å². The van der Waals surface area contributed by atoms with Gasteiger partial charge < -0.3 is 15.0 Å². The molecule has 64 valence electrons. The van der Waals surface area contributed by atoms with Crippen molar-refractivity contribution in [3.63, 3.8) is 0 Å². The molecule has 2 aliphatic heterocycles. The topological polar surface area (TPSA) is 24.5 Å². The lowest BCUT2D eigenvalue weighted by Crippen LogP contribution is -2.22. The van der Waals surface area contributed by atoms with E-state index in [-0.39, 0.29) is 0 Å². The normalized spacial score (nSPS) is 21.2. The molecule has 0 aromatic carbocycles. The van der Waals surface area contributed by atoms with Gasteiger partial charge in [0.05, 0.1) is 0 Å². The molecule has 3 nitrogen and oxygen atoms in total. The van der Waals surface area contributed by atoms with Gasteiger partial charge in [-0.25, -0.2) is 0 Å². The minimum absolute atomic E-state index is 0.858. The van der Waals surface area contributed by atoms with Crippen LogP contribution < -0.4 is 5.32 Å². The van der Waals surface area contributed by atoms with Gasteiger partial charge in [-0.3, -0.25) is 0 Å². The predicted molar refractivity (Wildman–Crippen MR) is 47.0 cm³/mol. The highest BCUT2D eigenvalue weighted by molar-refractivity contribution is 5.28. The molecule has 2 aliphatic rings. The van der Waals surface area contributed by atoms with Crippen molar-refractivity contribution in [2.45, 2.75) is 0 Å². The van der Waals surface area contributed by atoms with Gasteiger partial charge in [0.15, 0.2) is 5.88 Å². The zero-order valence-corrected chi connectivity index (χ0v) is 7.08. The van der Waals surface area contributed by atoms with Crippen LogP contribution in [0.25, 0.3) is 0 Å². The Kier molecular flexibility index (Phi) is 1.78. The van der Waals surface area contributed by atoms with Crippen molar-refractivity contribution in [2.24, 2.45) is 0 Å². The van der Waals surface area contributed by atoms with E-state index in [1.807, 2.05) is 13.2 Å². The van der Waals surface area contributed by atoms with Gasteiger partial charge in [0, 0.05) is 31.9 Å². The van der Waals surface area contributed by atoms with Crippen LogP contribution >= 0.6 is 0 Å². The molecule has 0 radical (unpaired) electrons. The van der Waals surface area contributed by atoms with Gasteiger partial charge in [-0.1, -0.05) is 12.2 Å². The maximum absolute atomic E-state index is 5.37. The standard InChI is InChI=1S/C9H12N2O/c1-11-5-6-12-9-8(7-11)3-2-4-10-9/h2-3,5-6,10H,4,7H2,1H3. The number of ether oxygens (including phenoxy) is 1. The van der Waals surface area contributed by atoms with Crippen molar-refractivity contribution in [2.75, 3.05) is 20.1 Å². The third kappa shape index (κ3) is 1.30. The van der Waals surface area contributed by atoms with Gasteiger partial charge in [0.2, 0.25) is 0 Å². The lowest BCUT2D eigenvalue weighted by molar-refractivity contribution is 0.314. The molecule has 0 aromatic heterocycles. The van der Waals surface area contributed by atoms with E-state index in [4.69, 9.17) is 4.74 Å². The van der Waals surface area contributed by atoms with E-state index in [1.54, 1.807) is 6.26 Å². The lowest BCUT2D eigenvalue weighted by atomic mass is 10.2. The summed E-state index contributed by atoms with van der Waals surface area (Å²) in [5, 5.41) is 3.17. The van der Waals surface area contributed by atoms with Crippen LogP contribution in [-0.2, 0) is 4.74 Å². The number of nitrogens with zero attached hydrogens (tertiary/aromatic N) is 1. The van der Waals surface area contributed by atoms with Crippen molar-refractivity contribution in [1.29, 1.82) is 0 Å². The minimum Gasteiger partial charge on any atom is -0.447 e. The average molecular weight is 164 g/mol. The monoisotopic (exact) mass is 164 g/mol. The Hall–Kier alpha value is -1.38. The smallest absolute Gasteiger partial charge is 0.197 e.